The van der Waals surface area contributed by atoms with Gasteiger partial charge in [0, 0.05) is 18.8 Å². The van der Waals surface area contributed by atoms with E-state index in [-0.39, 0.29) is 6.10 Å². The van der Waals surface area contributed by atoms with Gasteiger partial charge >= 0.3 is 0 Å². The summed E-state index contributed by atoms with van der Waals surface area (Å²) < 4.78 is 0. The number of hydrogen-bond acceptors (Lipinski definition) is 2. The van der Waals surface area contributed by atoms with Crippen molar-refractivity contribution >= 4 is 5.69 Å². The molecule has 1 aliphatic heterocycles. The molecule has 0 spiro atoms. The summed E-state index contributed by atoms with van der Waals surface area (Å²) in [6.45, 7) is 1.98. The predicted octanol–water partition coefficient (Wildman–Crippen LogP) is 4.09. The van der Waals surface area contributed by atoms with Crippen LogP contribution in [-0.2, 0) is 0 Å². The van der Waals surface area contributed by atoms with Crippen LogP contribution in [0.2, 0.25) is 0 Å². The van der Waals surface area contributed by atoms with Gasteiger partial charge in [0.05, 0.1) is 6.10 Å². The van der Waals surface area contributed by atoms with Crippen molar-refractivity contribution in [3.8, 4) is 0 Å². The highest BCUT2D eigenvalue weighted by Crippen LogP contribution is 2.32. The zero-order valence-corrected chi connectivity index (χ0v) is 12.4. The van der Waals surface area contributed by atoms with E-state index in [1.54, 1.807) is 0 Å². The normalized spacial score (nSPS) is 22.8. The maximum absolute atomic E-state index is 9.59. The Bertz CT molecular complexity index is 398. The van der Waals surface area contributed by atoms with Gasteiger partial charge in [-0.05, 0) is 49.3 Å². The molecule has 1 aliphatic carbocycles. The zero-order valence-electron chi connectivity index (χ0n) is 12.4. The Morgan fingerprint density at radius 2 is 1.40 bits per heavy atom. The van der Waals surface area contributed by atoms with Gasteiger partial charge in [-0.25, -0.2) is 0 Å². The number of hydrogen-bond donors (Lipinski definition) is 1. The van der Waals surface area contributed by atoms with Gasteiger partial charge in [-0.15, -0.1) is 0 Å². The summed E-state index contributed by atoms with van der Waals surface area (Å²) in [5, 5.41) is 9.59. The standard InChI is InChI=1S/C18H27NO/c20-18-11-13-19(14-12-18)17-9-7-16(8-10-17)15-5-3-1-2-4-6-15/h7-10,15,18,20H,1-6,11-14H2. The Balaban J connectivity index is 1.64. The number of benzene rings is 1. The molecule has 0 atom stereocenters. The molecule has 1 heterocycles. The Labute approximate surface area is 122 Å². The van der Waals surface area contributed by atoms with Crippen LogP contribution in [0.15, 0.2) is 24.3 Å². The molecule has 1 aromatic carbocycles. The maximum Gasteiger partial charge on any atom is 0.0574 e. The smallest absolute Gasteiger partial charge is 0.0574 e. The minimum absolute atomic E-state index is 0.0866. The molecule has 2 fully saturated rings. The second-order valence-corrected chi connectivity index (χ2v) is 6.50. The Morgan fingerprint density at radius 1 is 0.800 bits per heavy atom. The number of nitrogens with zero attached hydrogens (tertiary/aromatic N) is 1. The topological polar surface area (TPSA) is 23.5 Å². The first-order valence-corrected chi connectivity index (χ1v) is 8.36. The van der Waals surface area contributed by atoms with Crippen LogP contribution in [0, 0.1) is 0 Å². The first-order chi connectivity index (χ1) is 9.83. The van der Waals surface area contributed by atoms with Gasteiger partial charge in [-0.2, -0.15) is 0 Å². The molecule has 2 heteroatoms. The minimum Gasteiger partial charge on any atom is -0.393 e. The molecule has 0 unspecified atom stereocenters. The summed E-state index contributed by atoms with van der Waals surface area (Å²) in [4.78, 5) is 2.41. The molecule has 3 rings (SSSR count). The summed E-state index contributed by atoms with van der Waals surface area (Å²) >= 11 is 0. The van der Waals surface area contributed by atoms with E-state index in [1.807, 2.05) is 0 Å². The van der Waals surface area contributed by atoms with Crippen molar-refractivity contribution < 1.29 is 5.11 Å². The summed E-state index contributed by atoms with van der Waals surface area (Å²) in [5.41, 5.74) is 2.86. The number of aliphatic hydroxyl groups excluding tert-OH is 1. The van der Waals surface area contributed by atoms with Crippen LogP contribution in [0.5, 0.6) is 0 Å². The van der Waals surface area contributed by atoms with E-state index in [0.717, 1.165) is 31.8 Å². The van der Waals surface area contributed by atoms with E-state index in [2.05, 4.69) is 29.2 Å². The Hall–Kier alpha value is -1.02. The molecule has 2 nitrogen and oxygen atoms in total. The van der Waals surface area contributed by atoms with Gasteiger partial charge in [-0.3, -0.25) is 0 Å². The molecular weight excluding hydrogens is 246 g/mol. The molecule has 0 aromatic heterocycles. The molecule has 110 valence electrons. The third-order valence-electron chi connectivity index (χ3n) is 5.05. The average molecular weight is 273 g/mol. The van der Waals surface area contributed by atoms with Gasteiger partial charge in [-0.1, -0.05) is 37.8 Å². The molecule has 1 saturated heterocycles. The SMILES string of the molecule is OC1CCN(c2ccc(C3CCCCCC3)cc2)CC1. The van der Waals surface area contributed by atoms with Gasteiger partial charge in [0.1, 0.15) is 0 Å². The molecule has 1 N–H and O–H groups in total. The van der Waals surface area contributed by atoms with Crippen LogP contribution < -0.4 is 4.90 Å². The first-order valence-electron chi connectivity index (χ1n) is 8.36. The van der Waals surface area contributed by atoms with E-state index in [1.165, 1.54) is 49.8 Å². The van der Waals surface area contributed by atoms with Crippen LogP contribution in [0.4, 0.5) is 5.69 Å². The van der Waals surface area contributed by atoms with Crippen molar-refractivity contribution in [2.75, 3.05) is 18.0 Å². The molecule has 20 heavy (non-hydrogen) atoms. The van der Waals surface area contributed by atoms with Crippen LogP contribution in [-0.4, -0.2) is 24.3 Å². The number of piperidine rings is 1. The van der Waals surface area contributed by atoms with Crippen molar-refractivity contribution in [1.29, 1.82) is 0 Å². The first kappa shape index (κ1) is 13.9. The fraction of sp³-hybridized carbons (Fsp3) is 0.667. The number of rotatable bonds is 2. The van der Waals surface area contributed by atoms with Crippen molar-refractivity contribution in [1.82, 2.24) is 0 Å². The summed E-state index contributed by atoms with van der Waals surface area (Å²) in [5.74, 6) is 0.787. The van der Waals surface area contributed by atoms with E-state index >= 15 is 0 Å². The van der Waals surface area contributed by atoms with Crippen LogP contribution >= 0.6 is 0 Å². The molecule has 0 radical (unpaired) electrons. The van der Waals surface area contributed by atoms with E-state index in [4.69, 9.17) is 0 Å². The monoisotopic (exact) mass is 273 g/mol. The lowest BCUT2D eigenvalue weighted by molar-refractivity contribution is 0.145. The Morgan fingerprint density at radius 3 is 2.00 bits per heavy atom. The molecule has 1 saturated carbocycles. The summed E-state index contributed by atoms with van der Waals surface area (Å²) in [6.07, 6.45) is 10.1. The lowest BCUT2D eigenvalue weighted by Gasteiger charge is -2.31. The van der Waals surface area contributed by atoms with Crippen molar-refractivity contribution in [3.63, 3.8) is 0 Å². The highest BCUT2D eigenvalue weighted by molar-refractivity contribution is 5.48. The van der Waals surface area contributed by atoms with E-state index < -0.39 is 0 Å². The molecule has 0 bridgehead atoms. The lowest BCUT2D eigenvalue weighted by Crippen LogP contribution is -2.35. The van der Waals surface area contributed by atoms with Gasteiger partial charge in [0.2, 0.25) is 0 Å². The number of anilines is 1. The van der Waals surface area contributed by atoms with Crippen LogP contribution in [0.3, 0.4) is 0 Å². The van der Waals surface area contributed by atoms with Crippen molar-refractivity contribution in [2.24, 2.45) is 0 Å². The largest absolute Gasteiger partial charge is 0.393 e. The summed E-state index contributed by atoms with van der Waals surface area (Å²) in [7, 11) is 0. The zero-order chi connectivity index (χ0) is 13.8. The van der Waals surface area contributed by atoms with Gasteiger partial charge < -0.3 is 10.0 Å². The molecule has 0 amide bonds. The highest BCUT2D eigenvalue weighted by Gasteiger charge is 2.18. The quantitative estimate of drug-likeness (QED) is 0.821. The van der Waals surface area contributed by atoms with Crippen molar-refractivity contribution in [2.45, 2.75) is 63.4 Å². The second kappa shape index (κ2) is 6.62. The molecule has 2 aliphatic rings. The Kier molecular flexibility index (Phi) is 4.62. The van der Waals surface area contributed by atoms with E-state index in [9.17, 15) is 5.11 Å². The highest BCUT2D eigenvalue weighted by atomic mass is 16.3. The third-order valence-corrected chi connectivity index (χ3v) is 5.05. The predicted molar refractivity (Wildman–Crippen MR) is 84.3 cm³/mol. The molecular formula is C18H27NO. The third kappa shape index (κ3) is 3.35. The van der Waals surface area contributed by atoms with E-state index in [0.29, 0.717) is 0 Å². The second-order valence-electron chi connectivity index (χ2n) is 6.50. The number of aliphatic hydroxyl groups is 1. The van der Waals surface area contributed by atoms with Crippen LogP contribution in [0.25, 0.3) is 0 Å². The fourth-order valence-corrected chi connectivity index (χ4v) is 3.69. The minimum atomic E-state index is -0.0866. The lowest BCUT2D eigenvalue weighted by atomic mass is 9.91. The van der Waals surface area contributed by atoms with Gasteiger partial charge in [0.25, 0.3) is 0 Å². The molecule has 1 aromatic rings. The average Bonchev–Trinajstić information content (AvgIpc) is 2.77. The van der Waals surface area contributed by atoms with Crippen LogP contribution in [0.1, 0.15) is 62.8 Å². The summed E-state index contributed by atoms with van der Waals surface area (Å²) in [6, 6.07) is 9.27. The maximum atomic E-state index is 9.59. The van der Waals surface area contributed by atoms with Gasteiger partial charge in [0.15, 0.2) is 0 Å². The fourth-order valence-electron chi connectivity index (χ4n) is 3.69. The van der Waals surface area contributed by atoms with Crippen molar-refractivity contribution in [3.05, 3.63) is 29.8 Å².